The van der Waals surface area contributed by atoms with E-state index in [0.717, 1.165) is 12.8 Å². The van der Waals surface area contributed by atoms with Gasteiger partial charge < -0.3 is 10.1 Å². The summed E-state index contributed by atoms with van der Waals surface area (Å²) in [6, 6.07) is 0. The van der Waals surface area contributed by atoms with Crippen molar-refractivity contribution in [2.45, 2.75) is 102 Å². The normalized spacial score (nSPS) is 37.8. The second-order valence-electron chi connectivity index (χ2n) is 7.75. The molecule has 1 heterocycles. The molecule has 3 heteroatoms. The Morgan fingerprint density at radius 3 is 1.95 bits per heavy atom. The predicted octanol–water partition coefficient (Wildman–Crippen LogP) is 5.18. The molecule has 2 aliphatic carbocycles. The average Bonchev–Trinajstić information content (AvgIpc) is 2.90. The number of ether oxygens (including phenoxy) is 1. The molecule has 2 unspecified atom stereocenters. The highest BCUT2D eigenvalue weighted by Crippen LogP contribution is 2.53. The number of hydrogen-bond donors (Lipinski definition) is 1. The van der Waals surface area contributed by atoms with E-state index >= 15 is 0 Å². The molecular weight excluding hydrogens is 274 g/mol. The van der Waals surface area contributed by atoms with Gasteiger partial charge in [-0.05, 0) is 44.4 Å². The number of carbonyl (C=O) groups excluding carboxylic acids is 1. The molecule has 3 nitrogen and oxygen atoms in total. The Labute approximate surface area is 135 Å². The van der Waals surface area contributed by atoms with Crippen LogP contribution in [0.4, 0.5) is 4.79 Å². The summed E-state index contributed by atoms with van der Waals surface area (Å²) < 4.78 is 6.15. The van der Waals surface area contributed by atoms with Gasteiger partial charge in [0.2, 0.25) is 0 Å². The van der Waals surface area contributed by atoms with E-state index in [1.807, 2.05) is 0 Å². The summed E-state index contributed by atoms with van der Waals surface area (Å²) in [5.74, 6) is 1.15. The van der Waals surface area contributed by atoms with Gasteiger partial charge in [-0.2, -0.15) is 0 Å². The molecule has 1 aliphatic heterocycles. The standard InChI is InChI=1S/C19H33NO2/c1-3-18(15-11-7-5-8-12-15)19(4-2,22-17(21)20-18)16-13-9-6-10-14-16/h15-16H,3-14H2,1-2H3,(H,20,21). The first-order valence-corrected chi connectivity index (χ1v) is 9.69. The van der Waals surface area contributed by atoms with Crippen LogP contribution in [0.15, 0.2) is 0 Å². The van der Waals surface area contributed by atoms with Gasteiger partial charge in [-0.1, -0.05) is 52.4 Å². The summed E-state index contributed by atoms with van der Waals surface area (Å²) in [6.45, 7) is 4.50. The Balaban J connectivity index is 1.97. The van der Waals surface area contributed by atoms with Crippen molar-refractivity contribution >= 4 is 6.09 Å². The van der Waals surface area contributed by atoms with Gasteiger partial charge in [0.05, 0.1) is 5.54 Å². The zero-order valence-corrected chi connectivity index (χ0v) is 14.5. The summed E-state index contributed by atoms with van der Waals surface area (Å²) in [5, 5.41) is 3.36. The van der Waals surface area contributed by atoms with E-state index in [9.17, 15) is 4.79 Å². The quantitative estimate of drug-likeness (QED) is 0.776. The fourth-order valence-electron chi connectivity index (χ4n) is 5.98. The molecule has 1 amide bonds. The maximum Gasteiger partial charge on any atom is 0.408 e. The molecule has 0 bridgehead atoms. The fourth-order valence-corrected chi connectivity index (χ4v) is 5.98. The predicted molar refractivity (Wildman–Crippen MR) is 88.8 cm³/mol. The highest BCUT2D eigenvalue weighted by molar-refractivity contribution is 5.73. The Morgan fingerprint density at radius 2 is 1.45 bits per heavy atom. The van der Waals surface area contributed by atoms with Crippen molar-refractivity contribution in [1.29, 1.82) is 0 Å². The van der Waals surface area contributed by atoms with Crippen molar-refractivity contribution < 1.29 is 9.53 Å². The van der Waals surface area contributed by atoms with E-state index < -0.39 is 0 Å². The van der Waals surface area contributed by atoms with E-state index in [2.05, 4.69) is 19.2 Å². The van der Waals surface area contributed by atoms with Crippen LogP contribution in [0.1, 0.15) is 90.9 Å². The molecule has 0 aromatic rings. The second kappa shape index (κ2) is 6.41. The number of amides is 1. The van der Waals surface area contributed by atoms with Crippen LogP contribution in [0, 0.1) is 11.8 Å². The molecule has 126 valence electrons. The molecule has 22 heavy (non-hydrogen) atoms. The van der Waals surface area contributed by atoms with Crippen LogP contribution in [0.3, 0.4) is 0 Å². The van der Waals surface area contributed by atoms with Crippen LogP contribution in [-0.4, -0.2) is 17.2 Å². The SMILES string of the molecule is CCC1(C2CCCCC2)NC(=O)OC1(CC)C1CCCCC1. The van der Waals surface area contributed by atoms with Crippen molar-refractivity contribution in [3.63, 3.8) is 0 Å². The van der Waals surface area contributed by atoms with E-state index in [4.69, 9.17) is 4.74 Å². The number of nitrogens with one attached hydrogen (secondary N) is 1. The first-order chi connectivity index (χ1) is 10.7. The monoisotopic (exact) mass is 307 g/mol. The van der Waals surface area contributed by atoms with Crippen molar-refractivity contribution in [2.75, 3.05) is 0 Å². The van der Waals surface area contributed by atoms with Crippen molar-refractivity contribution in [2.24, 2.45) is 11.8 Å². The van der Waals surface area contributed by atoms with Gasteiger partial charge in [0, 0.05) is 5.92 Å². The van der Waals surface area contributed by atoms with Crippen LogP contribution < -0.4 is 5.32 Å². The third-order valence-corrected chi connectivity index (χ3v) is 7.00. The highest BCUT2D eigenvalue weighted by Gasteiger charge is 2.64. The Hall–Kier alpha value is -0.730. The summed E-state index contributed by atoms with van der Waals surface area (Å²) in [5.41, 5.74) is -0.386. The van der Waals surface area contributed by atoms with Crippen LogP contribution in [0.5, 0.6) is 0 Å². The lowest BCUT2D eigenvalue weighted by Crippen LogP contribution is -2.64. The molecule has 0 spiro atoms. The summed E-state index contributed by atoms with van der Waals surface area (Å²) in [7, 11) is 0. The maximum atomic E-state index is 12.3. The van der Waals surface area contributed by atoms with Crippen LogP contribution >= 0.6 is 0 Å². The summed E-state index contributed by atoms with van der Waals surface area (Å²) in [6.07, 6.45) is 14.7. The molecule has 3 aliphatic rings. The summed E-state index contributed by atoms with van der Waals surface area (Å²) in [4.78, 5) is 12.3. The van der Waals surface area contributed by atoms with Crippen molar-refractivity contribution in [3.05, 3.63) is 0 Å². The largest absolute Gasteiger partial charge is 0.440 e. The van der Waals surface area contributed by atoms with Crippen LogP contribution in [-0.2, 0) is 4.74 Å². The van der Waals surface area contributed by atoms with E-state index in [1.165, 1.54) is 64.2 Å². The fraction of sp³-hybridized carbons (Fsp3) is 0.947. The number of carbonyl (C=O) groups is 1. The van der Waals surface area contributed by atoms with Crippen LogP contribution in [0.25, 0.3) is 0 Å². The zero-order chi connectivity index (χ0) is 15.6. The smallest absolute Gasteiger partial charge is 0.408 e. The minimum atomic E-state index is -0.263. The molecule has 0 radical (unpaired) electrons. The molecule has 2 saturated carbocycles. The number of alkyl carbamates (subject to hydrolysis) is 1. The number of rotatable bonds is 4. The van der Waals surface area contributed by atoms with Crippen molar-refractivity contribution in [1.82, 2.24) is 5.32 Å². The number of cyclic esters (lactones) is 1. The molecule has 2 atom stereocenters. The first-order valence-electron chi connectivity index (χ1n) is 9.69. The van der Waals surface area contributed by atoms with Gasteiger partial charge in [0.15, 0.2) is 0 Å². The highest BCUT2D eigenvalue weighted by atomic mass is 16.6. The first kappa shape index (κ1) is 16.1. The Morgan fingerprint density at radius 1 is 0.909 bits per heavy atom. The van der Waals surface area contributed by atoms with Gasteiger partial charge in [-0.3, -0.25) is 0 Å². The average molecular weight is 307 g/mol. The van der Waals surface area contributed by atoms with Gasteiger partial charge in [0.1, 0.15) is 5.60 Å². The van der Waals surface area contributed by atoms with Gasteiger partial charge >= 0.3 is 6.09 Å². The molecule has 3 fully saturated rings. The number of hydrogen-bond acceptors (Lipinski definition) is 2. The lowest BCUT2D eigenvalue weighted by atomic mass is 9.58. The molecule has 0 aromatic carbocycles. The van der Waals surface area contributed by atoms with Gasteiger partial charge in [-0.15, -0.1) is 0 Å². The summed E-state index contributed by atoms with van der Waals surface area (Å²) >= 11 is 0. The molecule has 0 aromatic heterocycles. The lowest BCUT2D eigenvalue weighted by Gasteiger charge is -2.52. The Kier molecular flexibility index (Phi) is 4.70. The van der Waals surface area contributed by atoms with Gasteiger partial charge in [-0.25, -0.2) is 4.79 Å². The van der Waals surface area contributed by atoms with E-state index in [1.54, 1.807) is 0 Å². The third kappa shape index (κ3) is 2.35. The van der Waals surface area contributed by atoms with E-state index in [0.29, 0.717) is 11.8 Å². The zero-order valence-electron chi connectivity index (χ0n) is 14.5. The van der Waals surface area contributed by atoms with Gasteiger partial charge in [0.25, 0.3) is 0 Å². The second-order valence-corrected chi connectivity index (χ2v) is 7.75. The molecule has 1 N–H and O–H groups in total. The molecular formula is C19H33NO2. The van der Waals surface area contributed by atoms with Crippen LogP contribution in [0.2, 0.25) is 0 Å². The topological polar surface area (TPSA) is 38.3 Å². The lowest BCUT2D eigenvalue weighted by molar-refractivity contribution is -0.0911. The van der Waals surface area contributed by atoms with Crippen molar-refractivity contribution in [3.8, 4) is 0 Å². The third-order valence-electron chi connectivity index (χ3n) is 7.00. The van der Waals surface area contributed by atoms with E-state index in [-0.39, 0.29) is 17.2 Å². The maximum absolute atomic E-state index is 12.3. The molecule has 1 saturated heterocycles. The minimum absolute atomic E-state index is 0.124. The minimum Gasteiger partial charge on any atom is -0.440 e. The molecule has 3 rings (SSSR count). The Bertz CT molecular complexity index is 362.